The standard InChI is InChI=1S/C18H20F2N2OS/c1-22(2)16(13-6-4-3-5-7-13)11-21-18(23)12-24-17-10-14(19)8-9-15(17)20/h3-10,16H,11-12H2,1-2H3,(H,21,23)/t16-/m1/s1. The fraction of sp³-hybridized carbons (Fsp3) is 0.278. The van der Waals surface area contributed by atoms with Crippen LogP contribution in [0.15, 0.2) is 53.4 Å². The molecule has 6 heteroatoms. The van der Waals surface area contributed by atoms with Crippen molar-refractivity contribution in [3.05, 3.63) is 65.7 Å². The van der Waals surface area contributed by atoms with E-state index in [0.29, 0.717) is 6.54 Å². The van der Waals surface area contributed by atoms with Gasteiger partial charge in [-0.3, -0.25) is 4.79 Å². The predicted molar refractivity (Wildman–Crippen MR) is 93.0 cm³/mol. The molecule has 2 aromatic rings. The van der Waals surface area contributed by atoms with Crippen LogP contribution in [0.25, 0.3) is 0 Å². The maximum absolute atomic E-state index is 13.5. The van der Waals surface area contributed by atoms with Gasteiger partial charge in [0.1, 0.15) is 11.6 Å². The molecule has 128 valence electrons. The first kappa shape index (κ1) is 18.4. The van der Waals surface area contributed by atoms with Crippen LogP contribution in [0.4, 0.5) is 8.78 Å². The van der Waals surface area contributed by atoms with Crippen LogP contribution in [0.5, 0.6) is 0 Å². The van der Waals surface area contributed by atoms with Crippen molar-refractivity contribution in [2.24, 2.45) is 0 Å². The smallest absolute Gasteiger partial charge is 0.230 e. The average molecular weight is 350 g/mol. The molecule has 1 amide bonds. The molecule has 2 rings (SSSR count). The van der Waals surface area contributed by atoms with E-state index >= 15 is 0 Å². The van der Waals surface area contributed by atoms with Crippen molar-refractivity contribution < 1.29 is 13.6 Å². The van der Waals surface area contributed by atoms with Gasteiger partial charge in [-0.25, -0.2) is 8.78 Å². The molecule has 0 spiro atoms. The number of amides is 1. The molecule has 0 saturated carbocycles. The van der Waals surface area contributed by atoms with Crippen LogP contribution in [0.2, 0.25) is 0 Å². The molecule has 2 aromatic carbocycles. The van der Waals surface area contributed by atoms with Gasteiger partial charge in [-0.1, -0.05) is 30.3 Å². The van der Waals surface area contributed by atoms with Crippen molar-refractivity contribution in [2.45, 2.75) is 10.9 Å². The molecule has 0 unspecified atom stereocenters. The summed E-state index contributed by atoms with van der Waals surface area (Å²) in [6, 6.07) is 13.1. The van der Waals surface area contributed by atoms with Gasteiger partial charge in [0.15, 0.2) is 0 Å². The second-order valence-electron chi connectivity index (χ2n) is 5.56. The summed E-state index contributed by atoms with van der Waals surface area (Å²) in [4.78, 5) is 14.2. The first-order valence-electron chi connectivity index (χ1n) is 7.53. The van der Waals surface area contributed by atoms with E-state index in [4.69, 9.17) is 0 Å². The lowest BCUT2D eigenvalue weighted by Crippen LogP contribution is -2.35. The van der Waals surface area contributed by atoms with Crippen molar-refractivity contribution in [3.63, 3.8) is 0 Å². The van der Waals surface area contributed by atoms with E-state index in [1.165, 1.54) is 0 Å². The first-order valence-corrected chi connectivity index (χ1v) is 8.52. The number of halogens is 2. The fourth-order valence-corrected chi connectivity index (χ4v) is 3.06. The summed E-state index contributed by atoms with van der Waals surface area (Å²) >= 11 is 0.985. The molecule has 0 aliphatic carbocycles. The van der Waals surface area contributed by atoms with E-state index in [2.05, 4.69) is 5.32 Å². The summed E-state index contributed by atoms with van der Waals surface area (Å²) < 4.78 is 26.7. The van der Waals surface area contributed by atoms with E-state index in [1.807, 2.05) is 49.3 Å². The highest BCUT2D eigenvalue weighted by Gasteiger charge is 2.15. The number of likely N-dealkylation sites (N-methyl/N-ethyl adjacent to an activating group) is 1. The molecule has 0 fully saturated rings. The van der Waals surface area contributed by atoms with Gasteiger partial charge in [-0.2, -0.15) is 0 Å². The molecule has 0 saturated heterocycles. The van der Waals surface area contributed by atoms with Gasteiger partial charge in [-0.05, 0) is 37.9 Å². The largest absolute Gasteiger partial charge is 0.353 e. The highest BCUT2D eigenvalue weighted by Crippen LogP contribution is 2.22. The third-order valence-corrected chi connectivity index (χ3v) is 4.58. The van der Waals surface area contributed by atoms with Crippen LogP contribution in [-0.4, -0.2) is 37.2 Å². The molecule has 0 aromatic heterocycles. The van der Waals surface area contributed by atoms with Crippen LogP contribution in [0.1, 0.15) is 11.6 Å². The van der Waals surface area contributed by atoms with Gasteiger partial charge in [0, 0.05) is 11.4 Å². The normalized spacial score (nSPS) is 12.2. The maximum atomic E-state index is 13.5. The number of hydrogen-bond acceptors (Lipinski definition) is 3. The Bertz CT molecular complexity index is 680. The van der Waals surface area contributed by atoms with Gasteiger partial charge >= 0.3 is 0 Å². The van der Waals surface area contributed by atoms with Crippen molar-refractivity contribution in [1.82, 2.24) is 10.2 Å². The van der Waals surface area contributed by atoms with E-state index in [-0.39, 0.29) is 22.6 Å². The summed E-state index contributed by atoms with van der Waals surface area (Å²) in [6.45, 7) is 0.446. The highest BCUT2D eigenvalue weighted by atomic mass is 32.2. The van der Waals surface area contributed by atoms with Crippen molar-refractivity contribution >= 4 is 17.7 Å². The second-order valence-corrected chi connectivity index (χ2v) is 6.57. The zero-order chi connectivity index (χ0) is 17.5. The minimum Gasteiger partial charge on any atom is -0.353 e. The number of nitrogens with one attached hydrogen (secondary N) is 1. The van der Waals surface area contributed by atoms with Crippen LogP contribution in [0.3, 0.4) is 0 Å². The lowest BCUT2D eigenvalue weighted by atomic mass is 10.1. The fourth-order valence-electron chi connectivity index (χ4n) is 2.27. The van der Waals surface area contributed by atoms with Crippen molar-refractivity contribution in [1.29, 1.82) is 0 Å². The topological polar surface area (TPSA) is 32.3 Å². The van der Waals surface area contributed by atoms with Gasteiger partial charge in [0.25, 0.3) is 0 Å². The van der Waals surface area contributed by atoms with Gasteiger partial charge in [0.05, 0.1) is 11.8 Å². The molecule has 24 heavy (non-hydrogen) atoms. The van der Waals surface area contributed by atoms with Crippen LogP contribution < -0.4 is 5.32 Å². The van der Waals surface area contributed by atoms with Crippen LogP contribution in [0, 0.1) is 11.6 Å². The molecule has 3 nitrogen and oxygen atoms in total. The Morgan fingerprint density at radius 3 is 2.54 bits per heavy atom. The molecule has 1 atom stereocenters. The lowest BCUT2D eigenvalue weighted by molar-refractivity contribution is -0.118. The molecular weight excluding hydrogens is 330 g/mol. The quantitative estimate of drug-likeness (QED) is 0.776. The molecule has 0 aliphatic rings. The number of benzene rings is 2. The molecule has 0 heterocycles. The summed E-state index contributed by atoms with van der Waals surface area (Å²) in [5.74, 6) is -1.22. The molecule has 0 aliphatic heterocycles. The molecule has 0 radical (unpaired) electrons. The zero-order valence-electron chi connectivity index (χ0n) is 13.6. The molecular formula is C18H20F2N2OS. The summed E-state index contributed by atoms with van der Waals surface area (Å²) in [5, 5.41) is 2.85. The Morgan fingerprint density at radius 1 is 1.17 bits per heavy atom. The zero-order valence-corrected chi connectivity index (χ0v) is 14.4. The summed E-state index contributed by atoms with van der Waals surface area (Å²) in [5.41, 5.74) is 1.10. The van der Waals surface area contributed by atoms with Crippen molar-refractivity contribution in [3.8, 4) is 0 Å². The number of thioether (sulfide) groups is 1. The number of rotatable bonds is 7. The number of hydrogen-bond donors (Lipinski definition) is 1. The third kappa shape index (κ3) is 5.32. The lowest BCUT2D eigenvalue weighted by Gasteiger charge is -2.25. The maximum Gasteiger partial charge on any atom is 0.230 e. The van der Waals surface area contributed by atoms with E-state index in [1.54, 1.807) is 0 Å². The third-order valence-electron chi connectivity index (χ3n) is 3.55. The Kier molecular flexibility index (Phi) is 6.75. The first-order chi connectivity index (χ1) is 11.5. The minimum absolute atomic E-state index is 0.0370. The summed E-state index contributed by atoms with van der Waals surface area (Å²) in [7, 11) is 3.89. The molecule has 1 N–H and O–H groups in total. The Labute approximate surface area is 145 Å². The number of carbonyl (C=O) groups excluding carboxylic acids is 1. The van der Waals surface area contributed by atoms with E-state index in [9.17, 15) is 13.6 Å². The molecule has 0 bridgehead atoms. The Hall–Kier alpha value is -1.92. The average Bonchev–Trinajstić information content (AvgIpc) is 2.56. The SMILES string of the molecule is CN(C)[C@H](CNC(=O)CSc1cc(F)ccc1F)c1ccccc1. The summed E-state index contributed by atoms with van der Waals surface area (Å²) in [6.07, 6.45) is 0. The Balaban J connectivity index is 1.88. The highest BCUT2D eigenvalue weighted by molar-refractivity contribution is 8.00. The predicted octanol–water partition coefficient (Wildman–Crippen LogP) is 3.48. The van der Waals surface area contributed by atoms with Crippen LogP contribution in [-0.2, 0) is 4.79 Å². The van der Waals surface area contributed by atoms with Crippen molar-refractivity contribution in [2.75, 3.05) is 26.4 Å². The van der Waals surface area contributed by atoms with E-state index < -0.39 is 11.6 Å². The van der Waals surface area contributed by atoms with Gasteiger partial charge < -0.3 is 10.2 Å². The number of carbonyl (C=O) groups is 1. The van der Waals surface area contributed by atoms with Crippen LogP contribution >= 0.6 is 11.8 Å². The monoisotopic (exact) mass is 350 g/mol. The van der Waals surface area contributed by atoms with Gasteiger partial charge in [-0.15, -0.1) is 11.8 Å². The Morgan fingerprint density at radius 2 is 1.88 bits per heavy atom. The van der Waals surface area contributed by atoms with Gasteiger partial charge in [0.2, 0.25) is 5.91 Å². The number of nitrogens with zero attached hydrogens (tertiary/aromatic N) is 1. The second kappa shape index (κ2) is 8.80. The minimum atomic E-state index is -0.523. The van der Waals surface area contributed by atoms with E-state index in [0.717, 1.165) is 35.5 Å².